The third-order valence-corrected chi connectivity index (χ3v) is 3.99. The minimum Gasteiger partial charge on any atom is -0.365 e. The maximum atomic E-state index is 6.18. The van der Waals surface area contributed by atoms with Crippen LogP contribution in [0.25, 0.3) is 0 Å². The molecule has 2 rings (SSSR count). The van der Waals surface area contributed by atoms with E-state index in [2.05, 4.69) is 31.0 Å². The van der Waals surface area contributed by atoms with Gasteiger partial charge in [-0.3, -0.25) is 0 Å². The first-order chi connectivity index (χ1) is 8.20. The topological polar surface area (TPSA) is 38.0 Å². The quantitative estimate of drug-likeness (QED) is 0.691. The van der Waals surface area contributed by atoms with E-state index in [0.29, 0.717) is 0 Å². The molecule has 0 spiro atoms. The van der Waals surface area contributed by atoms with Crippen molar-refractivity contribution >= 4 is 0 Å². The minimum absolute atomic E-state index is 0.0830. The Morgan fingerprint density at radius 2 is 2.53 bits per heavy atom. The Hall–Kier alpha value is -1.02. The van der Waals surface area contributed by atoms with Crippen LogP contribution in [-0.2, 0) is 0 Å². The molecule has 0 amide bonds. The van der Waals surface area contributed by atoms with Crippen LogP contribution in [0.3, 0.4) is 0 Å². The summed E-state index contributed by atoms with van der Waals surface area (Å²) in [4.78, 5) is 0. The number of hydrogen-bond donors (Lipinski definition) is 2. The summed E-state index contributed by atoms with van der Waals surface area (Å²) in [5.74, 6) is 1.67. The fourth-order valence-electron chi connectivity index (χ4n) is 2.84. The molecule has 1 saturated carbocycles. The summed E-state index contributed by atoms with van der Waals surface area (Å²) in [5, 5.41) is 3.18. The lowest BCUT2D eigenvalue weighted by Crippen LogP contribution is -2.30. The third kappa shape index (κ3) is 3.01. The van der Waals surface area contributed by atoms with Gasteiger partial charge in [-0.05, 0) is 50.1 Å². The van der Waals surface area contributed by atoms with Crippen LogP contribution in [0, 0.1) is 11.8 Å². The summed E-state index contributed by atoms with van der Waals surface area (Å²) >= 11 is 0. The number of rotatable bonds is 6. The molecular weight excluding hydrogens is 208 g/mol. The monoisotopic (exact) mass is 232 g/mol. The Morgan fingerprint density at radius 3 is 3.06 bits per heavy atom. The summed E-state index contributed by atoms with van der Waals surface area (Å²) < 4.78 is 0. The first kappa shape index (κ1) is 12.4. The van der Waals surface area contributed by atoms with Gasteiger partial charge in [0.05, 0.1) is 0 Å². The van der Waals surface area contributed by atoms with Crippen LogP contribution in [0.1, 0.15) is 39.0 Å². The molecule has 0 aromatic carbocycles. The highest BCUT2D eigenvalue weighted by Gasteiger charge is 2.33. The average molecular weight is 232 g/mol. The van der Waals surface area contributed by atoms with E-state index in [4.69, 9.17) is 5.73 Å². The lowest BCUT2D eigenvalue weighted by molar-refractivity contribution is 0.436. The molecule has 0 aromatic rings. The normalized spacial score (nSPS) is 28.5. The van der Waals surface area contributed by atoms with Gasteiger partial charge in [0, 0.05) is 11.7 Å². The van der Waals surface area contributed by atoms with Crippen LogP contribution in [0.15, 0.2) is 36.2 Å². The van der Waals surface area contributed by atoms with Crippen molar-refractivity contribution in [2.75, 3.05) is 0 Å². The summed E-state index contributed by atoms with van der Waals surface area (Å²) in [5.41, 5.74) is 8.81. The van der Waals surface area contributed by atoms with Gasteiger partial charge in [0.1, 0.15) is 0 Å². The summed E-state index contributed by atoms with van der Waals surface area (Å²) in [6.07, 6.45) is 12.5. The molecule has 3 unspecified atom stereocenters. The molecule has 3 N–H and O–H groups in total. The smallest absolute Gasteiger partial charge is 0.0444 e. The highest BCUT2D eigenvalue weighted by molar-refractivity contribution is 5.23. The maximum Gasteiger partial charge on any atom is 0.0444 e. The standard InChI is InChI=1S/C15H24N2/c1-3-4-7-17-11(2)15(16)10-12-8-13-5-6-14(13)9-12/h4-5,7,12,14-15,17H,2-3,6,8-10,16H2,1H3/b7-4-. The van der Waals surface area contributed by atoms with Gasteiger partial charge in [-0.15, -0.1) is 0 Å². The summed E-state index contributed by atoms with van der Waals surface area (Å²) in [6, 6.07) is 0.0830. The van der Waals surface area contributed by atoms with Gasteiger partial charge < -0.3 is 11.1 Å². The molecule has 17 heavy (non-hydrogen) atoms. The van der Waals surface area contributed by atoms with Crippen molar-refractivity contribution in [3.63, 3.8) is 0 Å². The van der Waals surface area contributed by atoms with E-state index < -0.39 is 0 Å². The van der Waals surface area contributed by atoms with Crippen molar-refractivity contribution in [2.45, 2.75) is 45.1 Å². The predicted molar refractivity (Wildman–Crippen MR) is 73.2 cm³/mol. The molecule has 2 aliphatic carbocycles. The fourth-order valence-corrected chi connectivity index (χ4v) is 2.84. The van der Waals surface area contributed by atoms with Crippen LogP contribution in [-0.4, -0.2) is 6.04 Å². The first-order valence-corrected chi connectivity index (χ1v) is 6.75. The predicted octanol–water partition coefficient (Wildman–Crippen LogP) is 3.09. The van der Waals surface area contributed by atoms with E-state index in [9.17, 15) is 0 Å². The van der Waals surface area contributed by atoms with Crippen LogP contribution in [0.5, 0.6) is 0 Å². The molecule has 94 valence electrons. The van der Waals surface area contributed by atoms with E-state index >= 15 is 0 Å². The maximum absolute atomic E-state index is 6.18. The van der Waals surface area contributed by atoms with Gasteiger partial charge in [-0.25, -0.2) is 0 Å². The highest BCUT2D eigenvalue weighted by Crippen LogP contribution is 2.46. The molecule has 2 heteroatoms. The molecule has 0 aliphatic heterocycles. The third-order valence-electron chi connectivity index (χ3n) is 3.99. The molecule has 2 nitrogen and oxygen atoms in total. The van der Waals surface area contributed by atoms with Gasteiger partial charge in [-0.1, -0.05) is 31.2 Å². The van der Waals surface area contributed by atoms with Gasteiger partial charge >= 0.3 is 0 Å². The second-order valence-electron chi connectivity index (χ2n) is 5.34. The number of nitrogens with one attached hydrogen (secondary N) is 1. The molecule has 0 saturated heterocycles. The lowest BCUT2D eigenvalue weighted by Gasteiger charge is -2.19. The summed E-state index contributed by atoms with van der Waals surface area (Å²) in [7, 11) is 0. The van der Waals surface area contributed by atoms with Crippen LogP contribution >= 0.6 is 0 Å². The van der Waals surface area contributed by atoms with Crippen molar-refractivity contribution in [3.05, 3.63) is 36.2 Å². The largest absolute Gasteiger partial charge is 0.365 e. The zero-order valence-corrected chi connectivity index (χ0v) is 10.8. The zero-order valence-electron chi connectivity index (χ0n) is 10.8. The van der Waals surface area contributed by atoms with Crippen molar-refractivity contribution in [2.24, 2.45) is 17.6 Å². The minimum atomic E-state index is 0.0830. The molecule has 2 aliphatic rings. The highest BCUT2D eigenvalue weighted by atomic mass is 14.9. The Morgan fingerprint density at radius 1 is 1.71 bits per heavy atom. The summed E-state index contributed by atoms with van der Waals surface area (Å²) in [6.45, 7) is 6.13. The molecule has 3 atom stereocenters. The van der Waals surface area contributed by atoms with E-state index in [-0.39, 0.29) is 6.04 Å². The molecule has 0 bridgehead atoms. The van der Waals surface area contributed by atoms with Gasteiger partial charge in [0.15, 0.2) is 0 Å². The van der Waals surface area contributed by atoms with Gasteiger partial charge in [0.25, 0.3) is 0 Å². The molecule has 0 heterocycles. The van der Waals surface area contributed by atoms with E-state index in [0.717, 1.165) is 30.4 Å². The van der Waals surface area contributed by atoms with Crippen molar-refractivity contribution in [1.82, 2.24) is 5.32 Å². The number of hydrogen-bond acceptors (Lipinski definition) is 2. The average Bonchev–Trinajstić information content (AvgIpc) is 2.56. The van der Waals surface area contributed by atoms with E-state index in [1.54, 1.807) is 5.57 Å². The van der Waals surface area contributed by atoms with Crippen LogP contribution in [0.2, 0.25) is 0 Å². The number of fused-ring (bicyclic) bond motifs is 1. The van der Waals surface area contributed by atoms with E-state index in [1.807, 2.05) is 6.20 Å². The lowest BCUT2D eigenvalue weighted by atomic mass is 9.88. The molecule has 0 radical (unpaired) electrons. The Balaban J connectivity index is 1.73. The molecular formula is C15H24N2. The van der Waals surface area contributed by atoms with Crippen molar-refractivity contribution < 1.29 is 0 Å². The second-order valence-corrected chi connectivity index (χ2v) is 5.34. The Labute approximate surface area is 105 Å². The van der Waals surface area contributed by atoms with Crippen LogP contribution in [0.4, 0.5) is 0 Å². The Kier molecular flexibility index (Phi) is 4.06. The fraction of sp³-hybridized carbons (Fsp3) is 0.600. The number of allylic oxidation sites excluding steroid dienone is 3. The van der Waals surface area contributed by atoms with Crippen LogP contribution < -0.4 is 11.1 Å². The first-order valence-electron chi connectivity index (χ1n) is 6.75. The van der Waals surface area contributed by atoms with Gasteiger partial charge in [-0.2, -0.15) is 0 Å². The number of nitrogens with two attached hydrogens (primary N) is 1. The molecule has 0 aromatic heterocycles. The SMILES string of the molecule is C=C(N/C=C\CC)C(N)CC1CC2=CCC2C1. The van der Waals surface area contributed by atoms with Gasteiger partial charge in [0.2, 0.25) is 0 Å². The Bertz CT molecular complexity index is 341. The second kappa shape index (κ2) is 5.54. The van der Waals surface area contributed by atoms with Crippen molar-refractivity contribution in [3.8, 4) is 0 Å². The van der Waals surface area contributed by atoms with Crippen molar-refractivity contribution in [1.29, 1.82) is 0 Å². The zero-order chi connectivity index (χ0) is 12.3. The van der Waals surface area contributed by atoms with E-state index in [1.165, 1.54) is 19.3 Å². The molecule has 1 fully saturated rings.